The molecular weight excluding hydrogens is 136 g/mol. The number of nitrogens with zero attached hydrogens (tertiary/aromatic N) is 2. The lowest BCUT2D eigenvalue weighted by Crippen LogP contribution is -2.37. The molecule has 11 heavy (non-hydrogen) atoms. The highest BCUT2D eigenvalue weighted by Gasteiger charge is 2.31. The van der Waals surface area contributed by atoms with Gasteiger partial charge in [-0.15, -0.1) is 0 Å². The van der Waals surface area contributed by atoms with Crippen LogP contribution in [0.1, 0.15) is 27.7 Å². The topological polar surface area (TPSA) is 6.48 Å². The van der Waals surface area contributed by atoms with Crippen LogP contribution in [-0.4, -0.2) is 41.6 Å². The highest BCUT2D eigenvalue weighted by Crippen LogP contribution is 2.18. The monoisotopic (exact) mass is 156 g/mol. The Kier molecular flexibility index (Phi) is 2.90. The van der Waals surface area contributed by atoms with Crippen LogP contribution in [0.2, 0.25) is 0 Å². The Morgan fingerprint density at radius 3 is 2.09 bits per heavy atom. The van der Waals surface area contributed by atoms with E-state index in [0.717, 1.165) is 6.04 Å². The summed E-state index contributed by atoms with van der Waals surface area (Å²) in [7, 11) is 0. The van der Waals surface area contributed by atoms with Crippen molar-refractivity contribution in [2.45, 2.75) is 39.9 Å². The first-order valence-corrected chi connectivity index (χ1v) is 4.70. The smallest absolute Gasteiger partial charge is 0.0596 e. The minimum atomic E-state index is 0.653. The molecule has 0 aromatic carbocycles. The van der Waals surface area contributed by atoms with Gasteiger partial charge in [-0.3, -0.25) is 9.80 Å². The zero-order valence-electron chi connectivity index (χ0n) is 8.17. The largest absolute Gasteiger partial charge is 0.287 e. The Balaban J connectivity index is 2.55. The second-order valence-electron chi connectivity index (χ2n) is 3.40. The van der Waals surface area contributed by atoms with Crippen molar-refractivity contribution in [3.8, 4) is 0 Å². The Morgan fingerprint density at radius 2 is 1.82 bits per heavy atom. The lowest BCUT2D eigenvalue weighted by atomic mass is 10.3. The summed E-state index contributed by atoms with van der Waals surface area (Å²) in [6, 6.07) is 0.745. The van der Waals surface area contributed by atoms with E-state index < -0.39 is 0 Å². The summed E-state index contributed by atoms with van der Waals surface area (Å²) in [6.07, 6.45) is 0.653. The molecule has 0 aromatic rings. The third kappa shape index (κ3) is 1.57. The molecule has 0 aromatic heterocycles. The molecule has 2 heteroatoms. The predicted molar refractivity (Wildman–Crippen MR) is 48.6 cm³/mol. The summed E-state index contributed by atoms with van der Waals surface area (Å²) in [5, 5.41) is 0. The van der Waals surface area contributed by atoms with Gasteiger partial charge in [0.2, 0.25) is 0 Å². The predicted octanol–water partition coefficient (Wildman–Crippen LogP) is 1.38. The maximum Gasteiger partial charge on any atom is 0.0596 e. The van der Waals surface area contributed by atoms with Gasteiger partial charge in [0.05, 0.1) is 6.17 Å². The lowest BCUT2D eigenvalue weighted by Gasteiger charge is -2.26. The molecule has 2 unspecified atom stereocenters. The molecular formula is C9H20N2. The van der Waals surface area contributed by atoms with Crippen molar-refractivity contribution < 1.29 is 0 Å². The summed E-state index contributed by atoms with van der Waals surface area (Å²) in [6.45, 7) is 12.7. The minimum absolute atomic E-state index is 0.653. The van der Waals surface area contributed by atoms with Gasteiger partial charge in [0.25, 0.3) is 0 Å². The summed E-state index contributed by atoms with van der Waals surface area (Å²) in [5.41, 5.74) is 0. The summed E-state index contributed by atoms with van der Waals surface area (Å²) in [4.78, 5) is 5.07. The molecule has 1 saturated heterocycles. The second kappa shape index (κ2) is 3.55. The Bertz CT molecular complexity index is 125. The maximum atomic E-state index is 2.55. The van der Waals surface area contributed by atoms with Crippen molar-refractivity contribution in [3.63, 3.8) is 0 Å². The van der Waals surface area contributed by atoms with Gasteiger partial charge in [0.15, 0.2) is 0 Å². The number of likely N-dealkylation sites (N-methyl/N-ethyl adjacent to an activating group) is 2. The molecule has 0 bridgehead atoms. The van der Waals surface area contributed by atoms with Crippen molar-refractivity contribution in [1.29, 1.82) is 0 Å². The molecule has 1 aliphatic rings. The average molecular weight is 156 g/mol. The van der Waals surface area contributed by atoms with E-state index in [-0.39, 0.29) is 0 Å². The van der Waals surface area contributed by atoms with Crippen molar-refractivity contribution >= 4 is 0 Å². The van der Waals surface area contributed by atoms with Crippen LogP contribution in [0.5, 0.6) is 0 Å². The highest BCUT2D eigenvalue weighted by atomic mass is 15.4. The van der Waals surface area contributed by atoms with E-state index in [2.05, 4.69) is 37.5 Å². The molecule has 0 aliphatic carbocycles. The molecule has 0 saturated carbocycles. The first-order valence-electron chi connectivity index (χ1n) is 4.70. The number of hydrogen-bond acceptors (Lipinski definition) is 2. The summed E-state index contributed by atoms with van der Waals surface area (Å²) >= 11 is 0. The van der Waals surface area contributed by atoms with Gasteiger partial charge in [0.1, 0.15) is 0 Å². The highest BCUT2D eigenvalue weighted by molar-refractivity contribution is 4.83. The zero-order chi connectivity index (χ0) is 8.43. The molecule has 0 spiro atoms. The van der Waals surface area contributed by atoms with Gasteiger partial charge in [-0.2, -0.15) is 0 Å². The van der Waals surface area contributed by atoms with Gasteiger partial charge in [-0.1, -0.05) is 13.8 Å². The van der Waals surface area contributed by atoms with Crippen LogP contribution in [0.4, 0.5) is 0 Å². The first-order chi connectivity index (χ1) is 5.20. The molecule has 2 atom stereocenters. The van der Waals surface area contributed by atoms with E-state index in [1.807, 2.05) is 0 Å². The molecule has 0 radical (unpaired) electrons. The Labute approximate surface area is 70.2 Å². The molecule has 0 amide bonds. The van der Waals surface area contributed by atoms with Gasteiger partial charge >= 0.3 is 0 Å². The lowest BCUT2D eigenvalue weighted by molar-refractivity contribution is 0.150. The normalized spacial score (nSPS) is 34.9. The van der Waals surface area contributed by atoms with E-state index >= 15 is 0 Å². The SMILES string of the molecule is CCN1CC(C)N(CC)C1C. The van der Waals surface area contributed by atoms with E-state index in [1.54, 1.807) is 0 Å². The van der Waals surface area contributed by atoms with Crippen molar-refractivity contribution in [2.24, 2.45) is 0 Å². The average Bonchev–Trinajstić information content (AvgIpc) is 2.26. The van der Waals surface area contributed by atoms with Crippen LogP contribution in [0, 0.1) is 0 Å². The molecule has 0 N–H and O–H groups in total. The fourth-order valence-electron chi connectivity index (χ4n) is 2.14. The third-order valence-electron chi connectivity index (χ3n) is 2.84. The van der Waals surface area contributed by atoms with E-state index in [4.69, 9.17) is 0 Å². The van der Waals surface area contributed by atoms with Gasteiger partial charge in [0, 0.05) is 12.6 Å². The zero-order valence-corrected chi connectivity index (χ0v) is 8.17. The van der Waals surface area contributed by atoms with E-state index in [0.29, 0.717) is 6.17 Å². The van der Waals surface area contributed by atoms with Crippen LogP contribution in [-0.2, 0) is 0 Å². The maximum absolute atomic E-state index is 2.55. The number of rotatable bonds is 2. The number of hydrogen-bond donors (Lipinski definition) is 0. The molecule has 1 rings (SSSR count). The van der Waals surface area contributed by atoms with Gasteiger partial charge < -0.3 is 0 Å². The van der Waals surface area contributed by atoms with E-state index in [1.165, 1.54) is 19.6 Å². The van der Waals surface area contributed by atoms with Crippen LogP contribution in [0.25, 0.3) is 0 Å². The summed E-state index contributed by atoms with van der Waals surface area (Å²) < 4.78 is 0. The van der Waals surface area contributed by atoms with Crippen molar-refractivity contribution in [1.82, 2.24) is 9.80 Å². The third-order valence-corrected chi connectivity index (χ3v) is 2.84. The molecule has 66 valence electrons. The van der Waals surface area contributed by atoms with Crippen LogP contribution >= 0.6 is 0 Å². The quantitative estimate of drug-likeness (QED) is 0.596. The molecule has 1 heterocycles. The van der Waals surface area contributed by atoms with E-state index in [9.17, 15) is 0 Å². The van der Waals surface area contributed by atoms with Gasteiger partial charge in [-0.25, -0.2) is 0 Å². The molecule has 2 nitrogen and oxygen atoms in total. The van der Waals surface area contributed by atoms with Crippen LogP contribution in [0.3, 0.4) is 0 Å². The fourth-order valence-corrected chi connectivity index (χ4v) is 2.14. The molecule has 1 fully saturated rings. The molecule has 1 aliphatic heterocycles. The second-order valence-corrected chi connectivity index (χ2v) is 3.40. The standard InChI is InChI=1S/C9H20N2/c1-5-10-7-8(3)11(6-2)9(10)4/h8-9H,5-7H2,1-4H3. The van der Waals surface area contributed by atoms with Gasteiger partial charge in [-0.05, 0) is 26.9 Å². The first kappa shape index (κ1) is 9.01. The van der Waals surface area contributed by atoms with Crippen molar-refractivity contribution in [3.05, 3.63) is 0 Å². The van der Waals surface area contributed by atoms with Crippen LogP contribution < -0.4 is 0 Å². The summed E-state index contributed by atoms with van der Waals surface area (Å²) in [5.74, 6) is 0. The minimum Gasteiger partial charge on any atom is -0.287 e. The van der Waals surface area contributed by atoms with Crippen LogP contribution in [0.15, 0.2) is 0 Å². The Morgan fingerprint density at radius 1 is 1.18 bits per heavy atom. The fraction of sp³-hybridized carbons (Fsp3) is 1.00. The Hall–Kier alpha value is -0.0800. The van der Waals surface area contributed by atoms with Crippen molar-refractivity contribution in [2.75, 3.05) is 19.6 Å².